The molecule has 0 atom stereocenters. The summed E-state index contributed by atoms with van der Waals surface area (Å²) in [6, 6.07) is 6.87. The number of rotatable bonds is 5. The van der Waals surface area contributed by atoms with Crippen molar-refractivity contribution in [2.45, 2.75) is 19.0 Å². The van der Waals surface area contributed by atoms with Crippen LogP contribution in [0.1, 0.15) is 16.9 Å². The van der Waals surface area contributed by atoms with Crippen LogP contribution < -0.4 is 9.81 Å². The maximum absolute atomic E-state index is 12.7. The minimum atomic E-state index is -4.44. The van der Waals surface area contributed by atoms with Gasteiger partial charge in [-0.25, -0.2) is 4.79 Å². The molecule has 2 aromatic rings. The molecule has 9 heteroatoms. The van der Waals surface area contributed by atoms with Crippen LogP contribution in [0.2, 0.25) is 0 Å². The Kier molecular flexibility index (Phi) is 5.02. The lowest BCUT2D eigenvalue weighted by molar-refractivity contribution is -0.137. The van der Waals surface area contributed by atoms with E-state index in [1.54, 1.807) is 0 Å². The second-order valence-electron chi connectivity index (χ2n) is 5.06. The van der Waals surface area contributed by atoms with E-state index in [1.807, 2.05) is 0 Å². The van der Waals surface area contributed by atoms with Crippen LogP contribution in [-0.4, -0.2) is 14.7 Å². The SMILES string of the molecule is CS(=O)(=O)Oc1cc(CCc2cccc(C(F)(F)F)c2)oc(=O)c1. The van der Waals surface area contributed by atoms with Gasteiger partial charge in [0.1, 0.15) is 5.76 Å². The maximum Gasteiger partial charge on any atom is 0.416 e. The van der Waals surface area contributed by atoms with Crippen molar-refractivity contribution in [1.82, 2.24) is 0 Å². The minimum Gasteiger partial charge on any atom is -0.428 e. The summed E-state index contributed by atoms with van der Waals surface area (Å²) >= 11 is 0. The second-order valence-corrected chi connectivity index (χ2v) is 6.64. The Bertz CT molecular complexity index is 884. The van der Waals surface area contributed by atoms with Crippen LogP contribution in [0.5, 0.6) is 5.75 Å². The van der Waals surface area contributed by atoms with Crippen LogP contribution in [-0.2, 0) is 29.1 Å². The molecule has 0 radical (unpaired) electrons. The molecular weight excluding hydrogens is 349 g/mol. The van der Waals surface area contributed by atoms with Crippen molar-refractivity contribution in [3.8, 4) is 5.75 Å². The molecule has 0 N–H and O–H groups in total. The first kappa shape index (κ1) is 18.1. The van der Waals surface area contributed by atoms with Crippen molar-refractivity contribution < 1.29 is 30.2 Å². The van der Waals surface area contributed by atoms with E-state index < -0.39 is 27.5 Å². The van der Waals surface area contributed by atoms with Gasteiger partial charge in [-0.1, -0.05) is 18.2 Å². The molecule has 0 aliphatic carbocycles. The molecule has 1 heterocycles. The van der Waals surface area contributed by atoms with Gasteiger partial charge in [-0.05, 0) is 18.1 Å². The fourth-order valence-corrected chi connectivity index (χ4v) is 2.47. The van der Waals surface area contributed by atoms with Crippen molar-refractivity contribution >= 4 is 10.1 Å². The van der Waals surface area contributed by atoms with E-state index in [4.69, 9.17) is 4.42 Å². The average Bonchev–Trinajstić information content (AvgIpc) is 2.42. The van der Waals surface area contributed by atoms with E-state index in [1.165, 1.54) is 18.2 Å². The Morgan fingerprint density at radius 1 is 1.12 bits per heavy atom. The van der Waals surface area contributed by atoms with Gasteiger partial charge < -0.3 is 8.60 Å². The molecule has 0 fully saturated rings. The number of alkyl halides is 3. The molecule has 0 bridgehead atoms. The lowest BCUT2D eigenvalue weighted by Crippen LogP contribution is -2.09. The third-order valence-electron chi connectivity index (χ3n) is 2.96. The molecule has 0 saturated heterocycles. The van der Waals surface area contributed by atoms with Gasteiger partial charge in [0.2, 0.25) is 0 Å². The number of hydrogen-bond donors (Lipinski definition) is 0. The molecule has 0 aliphatic rings. The average molecular weight is 362 g/mol. The minimum absolute atomic E-state index is 0.109. The highest BCUT2D eigenvalue weighted by molar-refractivity contribution is 7.86. The largest absolute Gasteiger partial charge is 0.428 e. The van der Waals surface area contributed by atoms with Crippen molar-refractivity contribution in [1.29, 1.82) is 0 Å². The van der Waals surface area contributed by atoms with Crippen molar-refractivity contribution in [3.63, 3.8) is 0 Å². The molecule has 1 aromatic carbocycles. The predicted molar refractivity (Wildman–Crippen MR) is 79.3 cm³/mol. The van der Waals surface area contributed by atoms with Crippen LogP contribution in [0, 0.1) is 0 Å². The zero-order valence-corrected chi connectivity index (χ0v) is 13.3. The fraction of sp³-hybridized carbons (Fsp3) is 0.267. The molecule has 0 saturated carbocycles. The summed E-state index contributed by atoms with van der Waals surface area (Å²) in [7, 11) is -3.81. The summed E-state index contributed by atoms with van der Waals surface area (Å²) < 4.78 is 69.6. The van der Waals surface area contributed by atoms with E-state index in [0.29, 0.717) is 5.56 Å². The van der Waals surface area contributed by atoms with Crippen LogP contribution in [0.25, 0.3) is 0 Å². The Labute approximate surface area is 135 Å². The van der Waals surface area contributed by atoms with Crippen LogP contribution in [0.15, 0.2) is 45.6 Å². The lowest BCUT2D eigenvalue weighted by Gasteiger charge is -2.09. The third-order valence-corrected chi connectivity index (χ3v) is 3.45. The molecule has 5 nitrogen and oxygen atoms in total. The summed E-state index contributed by atoms with van der Waals surface area (Å²) in [6.07, 6.45) is -3.33. The van der Waals surface area contributed by atoms with Gasteiger partial charge in [-0.3, -0.25) is 0 Å². The monoisotopic (exact) mass is 362 g/mol. The molecule has 24 heavy (non-hydrogen) atoms. The summed E-state index contributed by atoms with van der Waals surface area (Å²) in [6.45, 7) is 0. The molecular formula is C15H13F3O5S. The van der Waals surface area contributed by atoms with Gasteiger partial charge >= 0.3 is 21.9 Å². The van der Waals surface area contributed by atoms with E-state index in [0.717, 1.165) is 24.5 Å². The van der Waals surface area contributed by atoms with Gasteiger partial charge in [-0.15, -0.1) is 0 Å². The van der Waals surface area contributed by atoms with Crippen LogP contribution in [0.4, 0.5) is 13.2 Å². The predicted octanol–water partition coefficient (Wildman–Crippen LogP) is 2.78. The Balaban J connectivity index is 2.16. The highest BCUT2D eigenvalue weighted by Gasteiger charge is 2.30. The number of halogens is 3. The third kappa shape index (κ3) is 5.41. The quantitative estimate of drug-likeness (QED) is 0.765. The Hall–Kier alpha value is -2.29. The summed E-state index contributed by atoms with van der Waals surface area (Å²) in [5.41, 5.74) is -1.17. The van der Waals surface area contributed by atoms with Gasteiger partial charge in [-0.2, -0.15) is 21.6 Å². The zero-order valence-electron chi connectivity index (χ0n) is 12.5. The fourth-order valence-electron chi connectivity index (χ4n) is 2.02. The highest BCUT2D eigenvalue weighted by atomic mass is 32.2. The van der Waals surface area contributed by atoms with Crippen molar-refractivity contribution in [2.75, 3.05) is 6.26 Å². The molecule has 1 aromatic heterocycles. The molecule has 2 rings (SSSR count). The van der Waals surface area contributed by atoms with Gasteiger partial charge in [0.15, 0.2) is 5.75 Å². The van der Waals surface area contributed by atoms with E-state index in [-0.39, 0.29) is 24.4 Å². The van der Waals surface area contributed by atoms with Crippen LogP contribution in [0.3, 0.4) is 0 Å². The smallest absolute Gasteiger partial charge is 0.416 e. The van der Waals surface area contributed by atoms with Gasteiger partial charge in [0, 0.05) is 12.5 Å². The maximum atomic E-state index is 12.7. The first-order valence-electron chi connectivity index (χ1n) is 6.72. The van der Waals surface area contributed by atoms with Gasteiger partial charge in [0.25, 0.3) is 0 Å². The van der Waals surface area contributed by atoms with Crippen molar-refractivity contribution in [3.05, 3.63) is 63.7 Å². The Morgan fingerprint density at radius 2 is 1.83 bits per heavy atom. The van der Waals surface area contributed by atoms with Gasteiger partial charge in [0.05, 0.1) is 17.9 Å². The van der Waals surface area contributed by atoms with E-state index >= 15 is 0 Å². The number of hydrogen-bond acceptors (Lipinski definition) is 5. The number of benzene rings is 1. The molecule has 130 valence electrons. The van der Waals surface area contributed by atoms with Crippen LogP contribution >= 0.6 is 0 Å². The van der Waals surface area contributed by atoms with E-state index in [9.17, 15) is 26.4 Å². The second kappa shape index (κ2) is 6.68. The standard InChI is InChI=1S/C15H13F3O5S/c1-24(20,21)23-13-8-12(22-14(19)9-13)6-5-10-3-2-4-11(7-10)15(16,17)18/h2-4,7-9H,5-6H2,1H3. The summed E-state index contributed by atoms with van der Waals surface area (Å²) in [5.74, 6) is -0.0913. The number of aryl methyl sites for hydroxylation is 2. The molecule has 0 amide bonds. The molecule has 0 unspecified atom stereocenters. The zero-order chi connectivity index (χ0) is 18.0. The Morgan fingerprint density at radius 3 is 2.46 bits per heavy atom. The first-order chi connectivity index (χ1) is 11.0. The summed E-state index contributed by atoms with van der Waals surface area (Å²) in [4.78, 5) is 11.4. The lowest BCUT2D eigenvalue weighted by atomic mass is 10.1. The highest BCUT2D eigenvalue weighted by Crippen LogP contribution is 2.29. The summed E-state index contributed by atoms with van der Waals surface area (Å²) in [5, 5.41) is 0. The van der Waals surface area contributed by atoms with E-state index in [2.05, 4.69) is 4.18 Å². The normalized spacial score (nSPS) is 12.2. The molecule has 0 spiro atoms. The first-order valence-corrected chi connectivity index (χ1v) is 8.54. The molecule has 0 aliphatic heterocycles. The van der Waals surface area contributed by atoms with Crippen molar-refractivity contribution in [2.24, 2.45) is 0 Å². The topological polar surface area (TPSA) is 73.6 Å².